The number of hydrogen-bond acceptors (Lipinski definition) is 4. The SMILES string of the molecule is Cc1ccc2c(nc3sc(=Cc4cc(Cl)ccc4OCc4ccccc4Cl)c(=O)n32)c1C. The highest BCUT2D eigenvalue weighted by atomic mass is 35.5. The number of aryl methyl sites for hydroxylation is 2. The number of thiazole rings is 1. The van der Waals surface area contributed by atoms with Crippen molar-refractivity contribution in [3.8, 4) is 5.75 Å². The predicted molar refractivity (Wildman–Crippen MR) is 132 cm³/mol. The molecule has 0 amide bonds. The minimum absolute atomic E-state index is 0.104. The molecule has 7 heteroatoms. The molecule has 0 saturated heterocycles. The fourth-order valence-corrected chi connectivity index (χ4v) is 4.98. The highest BCUT2D eigenvalue weighted by Crippen LogP contribution is 2.27. The lowest BCUT2D eigenvalue weighted by Gasteiger charge is -2.10. The number of hydrogen-bond donors (Lipinski definition) is 0. The van der Waals surface area contributed by atoms with E-state index in [9.17, 15) is 4.79 Å². The second-order valence-electron chi connectivity index (χ2n) is 7.58. The largest absolute Gasteiger partial charge is 0.488 e. The van der Waals surface area contributed by atoms with Gasteiger partial charge in [0.2, 0.25) is 0 Å². The standard InChI is InChI=1S/C25H18Cl2N2O2S/c1-14-7-9-20-23(15(14)2)28-25-29(20)24(30)22(32-25)12-17-11-18(26)8-10-21(17)31-13-16-5-3-4-6-19(16)27/h3-12H,13H2,1-2H3. The Hall–Kier alpha value is -2.86. The van der Waals surface area contributed by atoms with Gasteiger partial charge in [-0.15, -0.1) is 0 Å². The molecule has 0 aliphatic carbocycles. The summed E-state index contributed by atoms with van der Waals surface area (Å²) in [6, 6.07) is 16.9. The molecule has 2 heterocycles. The van der Waals surface area contributed by atoms with Gasteiger partial charge in [0.1, 0.15) is 12.4 Å². The zero-order valence-corrected chi connectivity index (χ0v) is 19.7. The zero-order valence-electron chi connectivity index (χ0n) is 17.4. The molecule has 0 aliphatic rings. The Kier molecular flexibility index (Phi) is 5.41. The first kappa shape index (κ1) is 21.0. The van der Waals surface area contributed by atoms with Crippen LogP contribution in [-0.4, -0.2) is 9.38 Å². The molecule has 0 bridgehead atoms. The number of benzene rings is 3. The molecular formula is C25H18Cl2N2O2S. The van der Waals surface area contributed by atoms with Crippen LogP contribution in [0.15, 0.2) is 59.4 Å². The predicted octanol–water partition coefficient (Wildman–Crippen LogP) is 5.96. The van der Waals surface area contributed by atoms with Gasteiger partial charge in [0, 0.05) is 21.2 Å². The van der Waals surface area contributed by atoms with Crippen LogP contribution in [0.1, 0.15) is 22.3 Å². The molecular weight excluding hydrogens is 463 g/mol. The van der Waals surface area contributed by atoms with Crippen LogP contribution in [0.4, 0.5) is 0 Å². The molecule has 0 fully saturated rings. The van der Waals surface area contributed by atoms with Crippen molar-refractivity contribution in [2.24, 2.45) is 0 Å². The van der Waals surface area contributed by atoms with Gasteiger partial charge in [0.15, 0.2) is 4.96 Å². The lowest BCUT2D eigenvalue weighted by Crippen LogP contribution is -2.22. The van der Waals surface area contributed by atoms with Crippen molar-refractivity contribution in [2.75, 3.05) is 0 Å². The van der Waals surface area contributed by atoms with E-state index in [1.54, 1.807) is 22.6 Å². The van der Waals surface area contributed by atoms with Crippen LogP contribution in [0.3, 0.4) is 0 Å². The van der Waals surface area contributed by atoms with Crippen LogP contribution in [-0.2, 0) is 6.61 Å². The van der Waals surface area contributed by atoms with Gasteiger partial charge in [-0.2, -0.15) is 0 Å². The summed E-state index contributed by atoms with van der Waals surface area (Å²) in [5, 5.41) is 1.21. The van der Waals surface area contributed by atoms with E-state index < -0.39 is 0 Å². The summed E-state index contributed by atoms with van der Waals surface area (Å²) in [4.78, 5) is 18.6. The van der Waals surface area contributed by atoms with Crippen molar-refractivity contribution in [3.63, 3.8) is 0 Å². The van der Waals surface area contributed by atoms with Gasteiger partial charge in [-0.3, -0.25) is 4.79 Å². The number of aromatic nitrogens is 2. The molecule has 0 saturated carbocycles. The summed E-state index contributed by atoms with van der Waals surface area (Å²) < 4.78 is 8.27. The van der Waals surface area contributed by atoms with Crippen molar-refractivity contribution in [2.45, 2.75) is 20.5 Å². The molecule has 32 heavy (non-hydrogen) atoms. The van der Waals surface area contributed by atoms with Crippen LogP contribution < -0.4 is 14.8 Å². The quantitative estimate of drug-likeness (QED) is 0.318. The van der Waals surface area contributed by atoms with Gasteiger partial charge in [-0.05, 0) is 61.4 Å². The Labute approximate surface area is 198 Å². The van der Waals surface area contributed by atoms with Gasteiger partial charge in [0.05, 0.1) is 15.6 Å². The summed E-state index contributed by atoms with van der Waals surface area (Å²) in [5.41, 5.74) is 5.44. The first-order valence-corrected chi connectivity index (χ1v) is 11.6. The Balaban J connectivity index is 1.59. The van der Waals surface area contributed by atoms with E-state index in [2.05, 4.69) is 0 Å². The van der Waals surface area contributed by atoms with E-state index in [4.69, 9.17) is 32.9 Å². The third-order valence-electron chi connectivity index (χ3n) is 5.53. The van der Waals surface area contributed by atoms with Crippen molar-refractivity contribution in [3.05, 3.63) is 102 Å². The normalized spacial score (nSPS) is 12.2. The first-order chi connectivity index (χ1) is 15.4. The van der Waals surface area contributed by atoms with Gasteiger partial charge < -0.3 is 4.74 Å². The maximum Gasteiger partial charge on any atom is 0.274 e. The van der Waals surface area contributed by atoms with Gasteiger partial charge in [-0.1, -0.05) is 58.8 Å². The van der Waals surface area contributed by atoms with Crippen molar-refractivity contribution >= 4 is 56.6 Å². The Bertz CT molecular complexity index is 1600. The number of nitrogens with zero attached hydrogens (tertiary/aromatic N) is 2. The molecule has 3 aromatic carbocycles. The second-order valence-corrected chi connectivity index (χ2v) is 9.44. The lowest BCUT2D eigenvalue weighted by molar-refractivity contribution is 0.305. The third kappa shape index (κ3) is 3.66. The van der Waals surface area contributed by atoms with Crippen LogP contribution in [0, 0.1) is 13.8 Å². The topological polar surface area (TPSA) is 43.6 Å². The average Bonchev–Trinajstić information content (AvgIpc) is 3.28. The maximum atomic E-state index is 13.2. The van der Waals surface area contributed by atoms with Gasteiger partial charge in [-0.25, -0.2) is 9.38 Å². The minimum Gasteiger partial charge on any atom is -0.488 e. The lowest BCUT2D eigenvalue weighted by atomic mass is 10.1. The Morgan fingerprint density at radius 3 is 2.72 bits per heavy atom. The number of rotatable bonds is 4. The van der Waals surface area contributed by atoms with E-state index in [-0.39, 0.29) is 5.56 Å². The molecule has 2 aromatic heterocycles. The van der Waals surface area contributed by atoms with E-state index in [0.29, 0.717) is 31.9 Å². The van der Waals surface area contributed by atoms with Crippen LogP contribution in [0.5, 0.6) is 5.75 Å². The van der Waals surface area contributed by atoms with E-state index in [1.165, 1.54) is 11.3 Å². The van der Waals surface area contributed by atoms with Crippen molar-refractivity contribution in [1.29, 1.82) is 0 Å². The zero-order chi connectivity index (χ0) is 22.4. The summed E-state index contributed by atoms with van der Waals surface area (Å²) in [6.45, 7) is 4.38. The summed E-state index contributed by atoms with van der Waals surface area (Å²) in [5.74, 6) is 0.621. The van der Waals surface area contributed by atoms with Crippen LogP contribution in [0.2, 0.25) is 10.0 Å². The third-order valence-corrected chi connectivity index (χ3v) is 7.11. The molecule has 0 N–H and O–H groups in total. The molecule has 0 atom stereocenters. The van der Waals surface area contributed by atoms with Gasteiger partial charge in [0.25, 0.3) is 5.56 Å². The van der Waals surface area contributed by atoms with Crippen LogP contribution >= 0.6 is 34.5 Å². The molecule has 4 nitrogen and oxygen atoms in total. The first-order valence-electron chi connectivity index (χ1n) is 10.0. The molecule has 0 radical (unpaired) electrons. The average molecular weight is 481 g/mol. The molecule has 0 spiro atoms. The fourth-order valence-electron chi connectivity index (χ4n) is 3.64. The number of halogens is 2. The highest BCUT2D eigenvalue weighted by Gasteiger charge is 2.14. The smallest absolute Gasteiger partial charge is 0.274 e. The monoisotopic (exact) mass is 480 g/mol. The summed E-state index contributed by atoms with van der Waals surface area (Å²) >= 11 is 13.8. The molecule has 5 aromatic rings. The van der Waals surface area contributed by atoms with Gasteiger partial charge >= 0.3 is 0 Å². The number of fused-ring (bicyclic) bond motifs is 3. The van der Waals surface area contributed by atoms with E-state index in [1.807, 2.05) is 56.3 Å². The summed E-state index contributed by atoms with van der Waals surface area (Å²) in [6.07, 6.45) is 1.81. The van der Waals surface area contributed by atoms with E-state index >= 15 is 0 Å². The molecule has 5 rings (SSSR count). The Morgan fingerprint density at radius 2 is 1.91 bits per heavy atom. The van der Waals surface area contributed by atoms with Crippen molar-refractivity contribution in [1.82, 2.24) is 9.38 Å². The minimum atomic E-state index is -0.104. The van der Waals surface area contributed by atoms with E-state index in [0.717, 1.165) is 33.3 Å². The number of ether oxygens (including phenoxy) is 1. The number of imidazole rings is 1. The summed E-state index contributed by atoms with van der Waals surface area (Å²) in [7, 11) is 0. The highest BCUT2D eigenvalue weighted by molar-refractivity contribution is 7.15. The molecule has 160 valence electrons. The fraction of sp³-hybridized carbons (Fsp3) is 0.120. The molecule has 0 aliphatic heterocycles. The van der Waals surface area contributed by atoms with Crippen LogP contribution in [0.25, 0.3) is 22.1 Å². The Morgan fingerprint density at radius 1 is 1.09 bits per heavy atom. The van der Waals surface area contributed by atoms with Crippen molar-refractivity contribution < 1.29 is 4.74 Å². The molecule has 0 unspecified atom stereocenters. The second kappa shape index (κ2) is 8.24. The maximum absolute atomic E-state index is 13.2.